The fraction of sp³-hybridized carbons (Fsp3) is 0.667. The SMILES string of the molecule is O=C(O)C[C@@H](C[S@](=O)CP(=O)(O)O)C(=O)O. The molecule has 0 rings (SSSR count). The maximum atomic E-state index is 11.1. The van der Waals surface area contributed by atoms with E-state index in [0.717, 1.165) is 0 Å². The molecule has 0 unspecified atom stereocenters. The van der Waals surface area contributed by atoms with Gasteiger partial charge in [0, 0.05) is 16.6 Å². The van der Waals surface area contributed by atoms with Gasteiger partial charge in [0.05, 0.1) is 12.3 Å². The molecule has 0 aromatic heterocycles. The highest BCUT2D eigenvalue weighted by Gasteiger charge is 2.26. The van der Waals surface area contributed by atoms with Crippen LogP contribution in [0.4, 0.5) is 0 Å². The Balaban J connectivity index is 4.41. The maximum absolute atomic E-state index is 11.1. The predicted octanol–water partition coefficient (Wildman–Crippen LogP) is -0.954. The highest BCUT2D eigenvalue weighted by Crippen LogP contribution is 2.35. The molecule has 4 N–H and O–H groups in total. The summed E-state index contributed by atoms with van der Waals surface area (Å²) in [5.41, 5.74) is -0.962. The summed E-state index contributed by atoms with van der Waals surface area (Å²) in [4.78, 5) is 37.8. The first-order valence-electron chi connectivity index (χ1n) is 3.96. The van der Waals surface area contributed by atoms with E-state index < -0.39 is 53.9 Å². The van der Waals surface area contributed by atoms with E-state index in [9.17, 15) is 18.4 Å². The molecule has 8 nitrogen and oxygen atoms in total. The van der Waals surface area contributed by atoms with Crippen molar-refractivity contribution in [3.8, 4) is 0 Å². The van der Waals surface area contributed by atoms with Gasteiger partial charge in [-0.2, -0.15) is 0 Å². The zero-order valence-corrected chi connectivity index (χ0v) is 9.69. The number of rotatable bonds is 7. The molecule has 0 saturated carbocycles. The third-order valence-corrected chi connectivity index (χ3v) is 4.74. The van der Waals surface area contributed by atoms with Gasteiger partial charge in [0.25, 0.3) is 0 Å². The van der Waals surface area contributed by atoms with Crippen molar-refractivity contribution in [3.05, 3.63) is 0 Å². The molecule has 10 heteroatoms. The number of carboxylic acids is 2. The molecule has 0 aliphatic heterocycles. The second kappa shape index (κ2) is 6.09. The molecule has 2 atom stereocenters. The molecular weight excluding hydrogens is 263 g/mol. The van der Waals surface area contributed by atoms with Crippen molar-refractivity contribution < 1.29 is 38.4 Å². The monoisotopic (exact) mass is 274 g/mol. The Morgan fingerprint density at radius 3 is 2.06 bits per heavy atom. The fourth-order valence-electron chi connectivity index (χ4n) is 0.893. The van der Waals surface area contributed by atoms with Gasteiger partial charge in [-0.1, -0.05) is 0 Å². The van der Waals surface area contributed by atoms with Crippen LogP contribution < -0.4 is 0 Å². The van der Waals surface area contributed by atoms with Gasteiger partial charge in [-0.3, -0.25) is 18.4 Å². The van der Waals surface area contributed by atoms with Gasteiger partial charge >= 0.3 is 19.5 Å². The Bertz CT molecular complexity index is 346. The summed E-state index contributed by atoms with van der Waals surface area (Å²) in [6.45, 7) is 0. The van der Waals surface area contributed by atoms with Gasteiger partial charge in [-0.05, 0) is 0 Å². The molecule has 0 aromatic rings. The third-order valence-electron chi connectivity index (χ3n) is 1.47. The fourth-order valence-corrected chi connectivity index (χ4v) is 3.52. The average molecular weight is 274 g/mol. The van der Waals surface area contributed by atoms with Gasteiger partial charge in [0.15, 0.2) is 0 Å². The van der Waals surface area contributed by atoms with Crippen LogP contribution in [0.25, 0.3) is 0 Å². The molecule has 0 heterocycles. The summed E-state index contributed by atoms with van der Waals surface area (Å²) in [5.74, 6) is -4.83. The van der Waals surface area contributed by atoms with Crippen LogP contribution in [0.2, 0.25) is 0 Å². The number of aliphatic carboxylic acids is 2. The molecule has 0 radical (unpaired) electrons. The van der Waals surface area contributed by atoms with Gasteiger partial charge in [0.1, 0.15) is 5.49 Å². The molecular formula is C6H11O8PS. The minimum absolute atomic E-state index is 0.591. The van der Waals surface area contributed by atoms with E-state index in [1.807, 2.05) is 0 Å². The standard InChI is InChI=1S/C6H11O8PS/c7-5(8)1-4(6(9)10)2-16(14)3-15(11,12)13/h4H,1-3H2,(H,7,8)(H,9,10)(H2,11,12,13)/t4-,16-/m0/s1. The zero-order valence-electron chi connectivity index (χ0n) is 7.98. The van der Waals surface area contributed by atoms with Crippen LogP contribution in [-0.4, -0.2) is 47.4 Å². The molecule has 0 aliphatic carbocycles. The van der Waals surface area contributed by atoms with Crippen LogP contribution in [-0.2, 0) is 25.0 Å². The number of hydrogen-bond donors (Lipinski definition) is 4. The lowest BCUT2D eigenvalue weighted by Gasteiger charge is -2.09. The average Bonchev–Trinajstić information content (AvgIpc) is 1.97. The van der Waals surface area contributed by atoms with Crippen molar-refractivity contribution in [1.82, 2.24) is 0 Å². The first-order chi connectivity index (χ1) is 7.11. The van der Waals surface area contributed by atoms with E-state index >= 15 is 0 Å². The zero-order chi connectivity index (χ0) is 12.9. The second-order valence-electron chi connectivity index (χ2n) is 3.03. The Morgan fingerprint density at radius 1 is 1.25 bits per heavy atom. The summed E-state index contributed by atoms with van der Waals surface area (Å²) in [7, 11) is -6.55. The minimum Gasteiger partial charge on any atom is -0.481 e. The van der Waals surface area contributed by atoms with E-state index in [1.165, 1.54) is 0 Å². The summed E-state index contributed by atoms with van der Waals surface area (Å²) >= 11 is 0. The Labute approximate surface area is 92.9 Å². The highest BCUT2D eigenvalue weighted by atomic mass is 32.2. The molecule has 0 amide bonds. The van der Waals surface area contributed by atoms with Crippen LogP contribution >= 0.6 is 7.60 Å². The topological polar surface area (TPSA) is 149 Å². The quantitative estimate of drug-likeness (QED) is 0.434. The lowest BCUT2D eigenvalue weighted by atomic mass is 10.1. The van der Waals surface area contributed by atoms with Crippen LogP contribution in [0, 0.1) is 5.92 Å². The Kier molecular flexibility index (Phi) is 5.80. The van der Waals surface area contributed by atoms with Crippen LogP contribution in [0.3, 0.4) is 0 Å². The first kappa shape index (κ1) is 15.2. The van der Waals surface area contributed by atoms with Gasteiger partial charge in [-0.15, -0.1) is 0 Å². The van der Waals surface area contributed by atoms with Crippen LogP contribution in [0.15, 0.2) is 0 Å². The number of carbonyl (C=O) groups is 2. The Hall–Kier alpha value is -0.760. The second-order valence-corrected chi connectivity index (χ2v) is 6.61. The van der Waals surface area contributed by atoms with Gasteiger partial charge < -0.3 is 20.0 Å². The minimum atomic E-state index is -4.48. The van der Waals surface area contributed by atoms with Gasteiger partial charge in [-0.25, -0.2) is 0 Å². The van der Waals surface area contributed by atoms with E-state index in [0.29, 0.717) is 0 Å². The molecule has 0 fully saturated rings. The molecule has 0 saturated heterocycles. The maximum Gasteiger partial charge on any atom is 0.337 e. The molecule has 0 aromatic carbocycles. The van der Waals surface area contributed by atoms with Crippen LogP contribution in [0.1, 0.15) is 6.42 Å². The summed E-state index contributed by atoms with van der Waals surface area (Å²) in [5, 5.41) is 16.9. The van der Waals surface area contributed by atoms with E-state index in [1.54, 1.807) is 0 Å². The highest BCUT2D eigenvalue weighted by molar-refractivity contribution is 7.92. The number of hydrogen-bond acceptors (Lipinski definition) is 4. The lowest BCUT2D eigenvalue weighted by Crippen LogP contribution is -2.24. The molecule has 0 bridgehead atoms. The van der Waals surface area contributed by atoms with E-state index in [-0.39, 0.29) is 0 Å². The number of carboxylic acid groups (broad SMARTS) is 2. The summed E-state index contributed by atoms with van der Waals surface area (Å²) in [6.07, 6.45) is -0.734. The smallest absolute Gasteiger partial charge is 0.337 e. The van der Waals surface area contributed by atoms with Crippen molar-refractivity contribution in [2.45, 2.75) is 6.42 Å². The molecule has 16 heavy (non-hydrogen) atoms. The van der Waals surface area contributed by atoms with Crippen LogP contribution in [0.5, 0.6) is 0 Å². The van der Waals surface area contributed by atoms with Crippen molar-refractivity contribution in [3.63, 3.8) is 0 Å². The Morgan fingerprint density at radius 2 is 1.75 bits per heavy atom. The first-order valence-corrected chi connectivity index (χ1v) is 7.24. The van der Waals surface area contributed by atoms with E-state index in [4.69, 9.17) is 20.0 Å². The lowest BCUT2D eigenvalue weighted by molar-refractivity contribution is -0.147. The third kappa shape index (κ3) is 7.52. The van der Waals surface area contributed by atoms with Crippen molar-refractivity contribution in [2.24, 2.45) is 5.92 Å². The molecule has 0 aliphatic rings. The van der Waals surface area contributed by atoms with Gasteiger partial charge in [0.2, 0.25) is 0 Å². The van der Waals surface area contributed by atoms with Crippen molar-refractivity contribution in [2.75, 3.05) is 11.2 Å². The van der Waals surface area contributed by atoms with Crippen molar-refractivity contribution >= 4 is 30.3 Å². The normalized spacial score (nSPS) is 15.4. The van der Waals surface area contributed by atoms with Crippen molar-refractivity contribution in [1.29, 1.82) is 0 Å². The van der Waals surface area contributed by atoms with E-state index in [2.05, 4.69) is 0 Å². The molecule has 0 spiro atoms. The molecule has 94 valence electrons. The largest absolute Gasteiger partial charge is 0.481 e. The summed E-state index contributed by atoms with van der Waals surface area (Å²) in [6, 6.07) is 0. The summed E-state index contributed by atoms with van der Waals surface area (Å²) < 4.78 is 21.6. The predicted molar refractivity (Wildman–Crippen MR) is 53.3 cm³/mol.